The van der Waals surface area contributed by atoms with Crippen molar-refractivity contribution in [2.24, 2.45) is 0 Å². The molecule has 0 spiro atoms. The molecule has 1 aromatic carbocycles. The fourth-order valence-corrected chi connectivity index (χ4v) is 2.65. The minimum atomic E-state index is -0.116. The smallest absolute Gasteiger partial charge is 0.253 e. The van der Waals surface area contributed by atoms with E-state index in [0.717, 1.165) is 24.9 Å². The van der Waals surface area contributed by atoms with Gasteiger partial charge >= 0.3 is 0 Å². The Morgan fingerprint density at radius 1 is 1.30 bits per heavy atom. The van der Waals surface area contributed by atoms with Crippen LogP contribution in [0.1, 0.15) is 40.4 Å². The molecule has 20 heavy (non-hydrogen) atoms. The van der Waals surface area contributed by atoms with E-state index >= 15 is 0 Å². The summed E-state index contributed by atoms with van der Waals surface area (Å²) in [7, 11) is 0. The number of rotatable bonds is 2. The molecule has 1 aliphatic carbocycles. The lowest BCUT2D eigenvalue weighted by Gasteiger charge is -2.26. The molecular weight excluding hydrogens is 252 g/mol. The summed E-state index contributed by atoms with van der Waals surface area (Å²) in [6, 6.07) is 7.60. The van der Waals surface area contributed by atoms with Gasteiger partial charge < -0.3 is 11.1 Å². The SMILES string of the molecule is Nc1ccc2c(c1)CCCC2NC(=O)c1ccnnc1. The Balaban J connectivity index is 1.81. The van der Waals surface area contributed by atoms with E-state index in [2.05, 4.69) is 15.5 Å². The zero-order valence-corrected chi connectivity index (χ0v) is 11.0. The predicted molar refractivity (Wildman–Crippen MR) is 76.0 cm³/mol. The highest BCUT2D eigenvalue weighted by atomic mass is 16.1. The van der Waals surface area contributed by atoms with Crippen molar-refractivity contribution >= 4 is 11.6 Å². The maximum absolute atomic E-state index is 12.2. The highest BCUT2D eigenvalue weighted by Gasteiger charge is 2.22. The maximum atomic E-state index is 12.2. The summed E-state index contributed by atoms with van der Waals surface area (Å²) in [5, 5.41) is 10.5. The molecule has 102 valence electrons. The predicted octanol–water partition coefficient (Wildman–Crippen LogP) is 1.87. The number of nitrogens with zero attached hydrogens (tertiary/aromatic N) is 2. The normalized spacial score (nSPS) is 17.3. The van der Waals surface area contributed by atoms with Crippen molar-refractivity contribution in [1.29, 1.82) is 0 Å². The highest BCUT2D eigenvalue weighted by Crippen LogP contribution is 2.31. The number of fused-ring (bicyclic) bond motifs is 1. The summed E-state index contributed by atoms with van der Waals surface area (Å²) in [5.74, 6) is -0.116. The second-order valence-electron chi connectivity index (χ2n) is 5.01. The molecule has 0 radical (unpaired) electrons. The van der Waals surface area contributed by atoms with Crippen molar-refractivity contribution in [3.05, 3.63) is 53.3 Å². The highest BCUT2D eigenvalue weighted by molar-refractivity contribution is 5.94. The Hall–Kier alpha value is -2.43. The first-order valence-corrected chi connectivity index (χ1v) is 6.70. The molecule has 0 saturated carbocycles. The molecule has 5 heteroatoms. The zero-order valence-electron chi connectivity index (χ0n) is 11.0. The van der Waals surface area contributed by atoms with Crippen LogP contribution < -0.4 is 11.1 Å². The third-order valence-corrected chi connectivity index (χ3v) is 3.63. The van der Waals surface area contributed by atoms with Gasteiger partial charge in [-0.3, -0.25) is 4.79 Å². The summed E-state index contributed by atoms with van der Waals surface area (Å²) in [6.45, 7) is 0. The van der Waals surface area contributed by atoms with Crippen molar-refractivity contribution in [2.75, 3.05) is 5.73 Å². The van der Waals surface area contributed by atoms with Gasteiger partial charge in [-0.25, -0.2) is 0 Å². The van der Waals surface area contributed by atoms with Gasteiger partial charge in [0.1, 0.15) is 0 Å². The molecule has 0 fully saturated rings. The lowest BCUT2D eigenvalue weighted by molar-refractivity contribution is 0.0932. The molecule has 0 aliphatic heterocycles. The van der Waals surface area contributed by atoms with E-state index in [-0.39, 0.29) is 11.9 Å². The summed E-state index contributed by atoms with van der Waals surface area (Å²) in [4.78, 5) is 12.2. The minimum Gasteiger partial charge on any atom is -0.399 e. The third kappa shape index (κ3) is 2.47. The van der Waals surface area contributed by atoms with E-state index in [1.165, 1.54) is 23.5 Å². The van der Waals surface area contributed by atoms with Crippen LogP contribution >= 0.6 is 0 Å². The Kier molecular flexibility index (Phi) is 3.33. The Morgan fingerprint density at radius 2 is 2.20 bits per heavy atom. The van der Waals surface area contributed by atoms with E-state index in [1.807, 2.05) is 18.2 Å². The van der Waals surface area contributed by atoms with Crippen LogP contribution in [-0.4, -0.2) is 16.1 Å². The average molecular weight is 268 g/mol. The quantitative estimate of drug-likeness (QED) is 0.815. The van der Waals surface area contributed by atoms with Crippen molar-refractivity contribution in [3.8, 4) is 0 Å². The van der Waals surface area contributed by atoms with E-state index in [0.29, 0.717) is 5.56 Å². The van der Waals surface area contributed by atoms with Gasteiger partial charge in [-0.15, -0.1) is 0 Å². The molecule has 1 aliphatic rings. The average Bonchev–Trinajstić information content (AvgIpc) is 2.48. The van der Waals surface area contributed by atoms with Crippen LogP contribution in [0.5, 0.6) is 0 Å². The zero-order chi connectivity index (χ0) is 13.9. The van der Waals surface area contributed by atoms with Crippen LogP contribution in [0.2, 0.25) is 0 Å². The van der Waals surface area contributed by atoms with Gasteiger partial charge in [0.05, 0.1) is 24.0 Å². The van der Waals surface area contributed by atoms with E-state index < -0.39 is 0 Å². The van der Waals surface area contributed by atoms with Gasteiger partial charge in [0.2, 0.25) is 0 Å². The fraction of sp³-hybridized carbons (Fsp3) is 0.267. The number of anilines is 1. The number of hydrogen-bond acceptors (Lipinski definition) is 4. The number of aromatic nitrogens is 2. The topological polar surface area (TPSA) is 80.9 Å². The number of aryl methyl sites for hydroxylation is 1. The number of nitrogens with two attached hydrogens (primary N) is 1. The number of benzene rings is 1. The number of nitrogen functional groups attached to an aromatic ring is 1. The fourth-order valence-electron chi connectivity index (χ4n) is 2.65. The molecule has 3 N–H and O–H groups in total. The van der Waals surface area contributed by atoms with Crippen molar-refractivity contribution in [1.82, 2.24) is 15.5 Å². The Bertz CT molecular complexity index is 627. The lowest BCUT2D eigenvalue weighted by atomic mass is 9.87. The second-order valence-corrected chi connectivity index (χ2v) is 5.01. The molecule has 3 rings (SSSR count). The van der Waals surface area contributed by atoms with Crippen molar-refractivity contribution in [3.63, 3.8) is 0 Å². The van der Waals surface area contributed by atoms with E-state index in [9.17, 15) is 4.79 Å². The molecule has 1 aromatic heterocycles. The van der Waals surface area contributed by atoms with Crippen LogP contribution in [0.15, 0.2) is 36.7 Å². The van der Waals surface area contributed by atoms with Crippen LogP contribution in [-0.2, 0) is 6.42 Å². The van der Waals surface area contributed by atoms with Gasteiger partial charge in [-0.05, 0) is 48.6 Å². The molecule has 0 saturated heterocycles. The molecule has 0 bridgehead atoms. The second kappa shape index (κ2) is 5.28. The lowest BCUT2D eigenvalue weighted by Crippen LogP contribution is -2.31. The first-order valence-electron chi connectivity index (χ1n) is 6.70. The standard InChI is InChI=1S/C15H16N4O/c16-12-4-5-13-10(8-12)2-1-3-14(13)19-15(20)11-6-7-17-18-9-11/h4-9,14H,1-3,16H2,(H,19,20). The molecule has 1 heterocycles. The maximum Gasteiger partial charge on any atom is 0.253 e. The molecule has 1 unspecified atom stereocenters. The van der Waals surface area contributed by atoms with Crippen molar-refractivity contribution < 1.29 is 4.79 Å². The molecule has 1 atom stereocenters. The molecule has 2 aromatic rings. The molecule has 1 amide bonds. The van der Waals surface area contributed by atoms with Gasteiger partial charge in [0.15, 0.2) is 0 Å². The number of hydrogen-bond donors (Lipinski definition) is 2. The van der Waals surface area contributed by atoms with Crippen LogP contribution in [0, 0.1) is 0 Å². The van der Waals surface area contributed by atoms with Crippen LogP contribution in [0.3, 0.4) is 0 Å². The largest absolute Gasteiger partial charge is 0.399 e. The summed E-state index contributed by atoms with van der Waals surface area (Å²) in [5.41, 5.74) is 9.52. The van der Waals surface area contributed by atoms with Crippen LogP contribution in [0.25, 0.3) is 0 Å². The van der Waals surface area contributed by atoms with Gasteiger partial charge in [0.25, 0.3) is 5.91 Å². The van der Waals surface area contributed by atoms with Gasteiger partial charge in [0, 0.05) is 5.69 Å². The van der Waals surface area contributed by atoms with E-state index in [4.69, 9.17) is 5.73 Å². The third-order valence-electron chi connectivity index (χ3n) is 3.63. The summed E-state index contributed by atoms with van der Waals surface area (Å²) < 4.78 is 0. The van der Waals surface area contributed by atoms with E-state index in [1.54, 1.807) is 6.07 Å². The van der Waals surface area contributed by atoms with Crippen LogP contribution in [0.4, 0.5) is 5.69 Å². The Morgan fingerprint density at radius 3 is 3.00 bits per heavy atom. The summed E-state index contributed by atoms with van der Waals surface area (Å²) >= 11 is 0. The first-order chi connectivity index (χ1) is 9.74. The molecule has 5 nitrogen and oxygen atoms in total. The number of carbonyl (C=O) groups excluding carboxylic acids is 1. The minimum absolute atomic E-state index is 0.0417. The Labute approximate surface area is 117 Å². The van der Waals surface area contributed by atoms with Gasteiger partial charge in [-0.1, -0.05) is 6.07 Å². The number of amides is 1. The monoisotopic (exact) mass is 268 g/mol. The number of carbonyl (C=O) groups is 1. The van der Waals surface area contributed by atoms with Crippen molar-refractivity contribution in [2.45, 2.75) is 25.3 Å². The molecular formula is C15H16N4O. The summed E-state index contributed by atoms with van der Waals surface area (Å²) in [6.07, 6.45) is 6.01. The first kappa shape index (κ1) is 12.6. The number of nitrogens with one attached hydrogen (secondary N) is 1. The van der Waals surface area contributed by atoms with Gasteiger partial charge in [-0.2, -0.15) is 10.2 Å².